The molecule has 0 spiro atoms. The smallest absolute Gasteiger partial charge is 0.260 e. The average Bonchev–Trinajstić information content (AvgIpc) is 3.20. The van der Waals surface area contributed by atoms with Gasteiger partial charge in [-0.15, -0.1) is 0 Å². The molecule has 158 valence electrons. The number of nitrogens with one attached hydrogen (secondary N) is 2. The Kier molecular flexibility index (Phi) is 6.29. The Morgan fingerprint density at radius 3 is 3.06 bits per heavy atom. The molecule has 2 aromatic heterocycles. The summed E-state index contributed by atoms with van der Waals surface area (Å²) in [6.07, 6.45) is 4.39. The molecule has 2 N–H and O–H groups in total. The summed E-state index contributed by atoms with van der Waals surface area (Å²) in [5.41, 5.74) is 1.30. The van der Waals surface area contributed by atoms with E-state index in [0.717, 1.165) is 41.7 Å². The first-order valence-corrected chi connectivity index (χ1v) is 10.2. The Morgan fingerprint density at radius 2 is 2.26 bits per heavy atom. The SMILES string of the molecule is CN1CCC(COc2ccnc3ccc(C#CCNC(=O)c4ccc[nH]c4=O)cc23)C1. The van der Waals surface area contributed by atoms with Crippen molar-refractivity contribution in [3.8, 4) is 17.6 Å². The summed E-state index contributed by atoms with van der Waals surface area (Å²) < 4.78 is 6.12. The van der Waals surface area contributed by atoms with Gasteiger partial charge < -0.3 is 19.9 Å². The van der Waals surface area contributed by atoms with E-state index in [1.165, 1.54) is 12.3 Å². The minimum Gasteiger partial charge on any atom is -0.492 e. The average molecular weight is 416 g/mol. The van der Waals surface area contributed by atoms with E-state index in [9.17, 15) is 9.59 Å². The molecule has 1 fully saturated rings. The molecule has 31 heavy (non-hydrogen) atoms. The number of benzene rings is 1. The van der Waals surface area contributed by atoms with Gasteiger partial charge in [-0.25, -0.2) is 0 Å². The lowest BCUT2D eigenvalue weighted by Gasteiger charge is -2.13. The van der Waals surface area contributed by atoms with Crippen molar-refractivity contribution in [1.82, 2.24) is 20.2 Å². The fraction of sp³-hybridized carbons (Fsp3) is 0.292. The summed E-state index contributed by atoms with van der Waals surface area (Å²) >= 11 is 0. The summed E-state index contributed by atoms with van der Waals surface area (Å²) in [6.45, 7) is 2.99. The Morgan fingerprint density at radius 1 is 1.35 bits per heavy atom. The van der Waals surface area contributed by atoms with Crippen LogP contribution >= 0.6 is 0 Å². The zero-order chi connectivity index (χ0) is 21.6. The van der Waals surface area contributed by atoms with Crippen molar-refractivity contribution in [2.24, 2.45) is 5.92 Å². The highest BCUT2D eigenvalue weighted by atomic mass is 16.5. The lowest BCUT2D eigenvalue weighted by atomic mass is 10.1. The van der Waals surface area contributed by atoms with Crippen molar-refractivity contribution < 1.29 is 9.53 Å². The van der Waals surface area contributed by atoms with E-state index in [-0.39, 0.29) is 12.1 Å². The van der Waals surface area contributed by atoms with Crippen molar-refractivity contribution in [2.45, 2.75) is 6.42 Å². The molecule has 1 unspecified atom stereocenters. The van der Waals surface area contributed by atoms with Gasteiger partial charge in [0.15, 0.2) is 0 Å². The van der Waals surface area contributed by atoms with Crippen molar-refractivity contribution in [1.29, 1.82) is 0 Å². The zero-order valence-corrected chi connectivity index (χ0v) is 17.4. The van der Waals surface area contributed by atoms with Crippen LogP contribution in [-0.2, 0) is 0 Å². The predicted octanol–water partition coefficient (Wildman–Crippen LogP) is 2.04. The van der Waals surface area contributed by atoms with Gasteiger partial charge in [0.2, 0.25) is 0 Å². The van der Waals surface area contributed by atoms with Crippen molar-refractivity contribution in [3.63, 3.8) is 0 Å². The molecular formula is C24H24N4O3. The molecule has 4 rings (SSSR count). The minimum atomic E-state index is -0.452. The molecule has 1 saturated heterocycles. The number of hydrogen-bond donors (Lipinski definition) is 2. The summed E-state index contributed by atoms with van der Waals surface area (Å²) in [5.74, 6) is 6.87. The number of aromatic amines is 1. The molecule has 0 saturated carbocycles. The maximum absolute atomic E-state index is 12.1. The van der Waals surface area contributed by atoms with Crippen LogP contribution in [0.2, 0.25) is 0 Å². The molecule has 3 heterocycles. The second-order valence-electron chi connectivity index (χ2n) is 7.67. The van der Waals surface area contributed by atoms with Gasteiger partial charge in [0.25, 0.3) is 11.5 Å². The molecule has 1 aliphatic heterocycles. The largest absolute Gasteiger partial charge is 0.492 e. The lowest BCUT2D eigenvalue weighted by molar-refractivity contribution is 0.0957. The van der Waals surface area contributed by atoms with Crippen molar-refractivity contribution >= 4 is 16.8 Å². The summed E-state index contributed by atoms with van der Waals surface area (Å²) in [6, 6.07) is 10.7. The highest BCUT2D eigenvalue weighted by Crippen LogP contribution is 2.26. The van der Waals surface area contributed by atoms with E-state index in [0.29, 0.717) is 12.5 Å². The van der Waals surface area contributed by atoms with Crippen LogP contribution in [0.4, 0.5) is 0 Å². The first-order chi connectivity index (χ1) is 15.1. The van der Waals surface area contributed by atoms with E-state index >= 15 is 0 Å². The molecule has 0 bridgehead atoms. The first-order valence-electron chi connectivity index (χ1n) is 10.2. The summed E-state index contributed by atoms with van der Waals surface area (Å²) in [5, 5.41) is 3.56. The highest BCUT2D eigenvalue weighted by Gasteiger charge is 2.20. The van der Waals surface area contributed by atoms with Crippen molar-refractivity contribution in [2.75, 3.05) is 33.3 Å². The zero-order valence-electron chi connectivity index (χ0n) is 17.4. The number of nitrogens with zero attached hydrogens (tertiary/aromatic N) is 2. The van der Waals surface area contributed by atoms with Gasteiger partial charge in [-0.2, -0.15) is 0 Å². The third-order valence-electron chi connectivity index (χ3n) is 5.30. The predicted molar refractivity (Wildman–Crippen MR) is 119 cm³/mol. The van der Waals surface area contributed by atoms with E-state index in [4.69, 9.17) is 4.74 Å². The second-order valence-corrected chi connectivity index (χ2v) is 7.67. The molecule has 1 aromatic carbocycles. The number of aromatic nitrogens is 2. The van der Waals surface area contributed by atoms with Crippen LogP contribution in [0, 0.1) is 17.8 Å². The minimum absolute atomic E-state index is 0.0660. The number of H-pyrrole nitrogens is 1. The topological polar surface area (TPSA) is 87.3 Å². The fourth-order valence-corrected chi connectivity index (χ4v) is 3.66. The monoisotopic (exact) mass is 416 g/mol. The maximum atomic E-state index is 12.1. The van der Waals surface area contributed by atoms with Gasteiger partial charge in [0.05, 0.1) is 18.7 Å². The number of ether oxygens (including phenoxy) is 1. The Labute approximate surface area is 180 Å². The van der Waals surface area contributed by atoms with E-state index in [2.05, 4.69) is 39.1 Å². The molecule has 7 nitrogen and oxygen atoms in total. The molecule has 0 aliphatic carbocycles. The normalized spacial score (nSPS) is 16.0. The Balaban J connectivity index is 1.42. The molecule has 1 amide bonds. The standard InChI is InChI=1S/C24H24N4O3/c1-28-13-9-18(15-28)16-31-22-8-12-25-21-7-6-17(14-20(21)22)4-2-10-26-23(29)19-5-3-11-27-24(19)30/h3,5-8,11-12,14,18H,9-10,13,15-16H2,1H3,(H,26,29)(H,27,30). The second kappa shape index (κ2) is 9.45. The molecule has 1 aliphatic rings. The highest BCUT2D eigenvalue weighted by molar-refractivity contribution is 5.93. The number of carbonyl (C=O) groups excluding carboxylic acids is 1. The maximum Gasteiger partial charge on any atom is 0.260 e. The van der Waals surface area contributed by atoms with Crippen molar-refractivity contribution in [3.05, 3.63) is 70.3 Å². The summed E-state index contributed by atoms with van der Waals surface area (Å²) in [4.78, 5) is 32.9. The van der Waals surface area contributed by atoms with Crippen LogP contribution in [0.25, 0.3) is 10.9 Å². The van der Waals surface area contributed by atoms with Gasteiger partial charge in [0.1, 0.15) is 11.3 Å². The van der Waals surface area contributed by atoms with Crippen LogP contribution < -0.4 is 15.6 Å². The number of likely N-dealkylation sites (tertiary alicyclic amines) is 1. The third kappa shape index (κ3) is 5.11. The molecule has 7 heteroatoms. The number of carbonyl (C=O) groups is 1. The van der Waals surface area contributed by atoms with E-state index in [1.807, 2.05) is 24.3 Å². The molecule has 0 radical (unpaired) electrons. The van der Waals surface area contributed by atoms with Crippen LogP contribution in [0.1, 0.15) is 22.3 Å². The third-order valence-corrected chi connectivity index (χ3v) is 5.30. The quantitative estimate of drug-likeness (QED) is 0.622. The lowest BCUT2D eigenvalue weighted by Crippen LogP contribution is -2.29. The number of pyridine rings is 2. The van der Waals surface area contributed by atoms with E-state index in [1.54, 1.807) is 12.3 Å². The number of hydrogen-bond acceptors (Lipinski definition) is 5. The van der Waals surface area contributed by atoms with Crippen LogP contribution in [0.5, 0.6) is 5.75 Å². The van der Waals surface area contributed by atoms with Gasteiger partial charge in [0, 0.05) is 35.8 Å². The molecule has 1 atom stereocenters. The number of rotatable bonds is 5. The van der Waals surface area contributed by atoms with Crippen LogP contribution in [-0.4, -0.2) is 54.1 Å². The molecule has 3 aromatic rings. The Bertz CT molecular complexity index is 1210. The number of fused-ring (bicyclic) bond motifs is 1. The molecular weight excluding hydrogens is 392 g/mol. The van der Waals surface area contributed by atoms with Gasteiger partial charge in [-0.3, -0.25) is 14.6 Å². The van der Waals surface area contributed by atoms with E-state index < -0.39 is 11.5 Å². The van der Waals surface area contributed by atoms with Gasteiger partial charge >= 0.3 is 0 Å². The van der Waals surface area contributed by atoms with Gasteiger partial charge in [-0.05, 0) is 56.4 Å². The van der Waals surface area contributed by atoms with Crippen LogP contribution in [0.3, 0.4) is 0 Å². The van der Waals surface area contributed by atoms with Gasteiger partial charge in [-0.1, -0.05) is 11.8 Å². The van der Waals surface area contributed by atoms with Crippen LogP contribution in [0.15, 0.2) is 53.6 Å². The Hall–Kier alpha value is -3.63. The first kappa shape index (κ1) is 20.6. The fourth-order valence-electron chi connectivity index (χ4n) is 3.66. The summed E-state index contributed by atoms with van der Waals surface area (Å²) in [7, 11) is 2.13. The number of amides is 1.